The third-order valence-corrected chi connectivity index (χ3v) is 5.22. The lowest BCUT2D eigenvalue weighted by Gasteiger charge is -2.19. The number of benzene rings is 3. The highest BCUT2D eigenvalue weighted by Crippen LogP contribution is 2.35. The van der Waals surface area contributed by atoms with E-state index in [0.717, 1.165) is 27.7 Å². The summed E-state index contributed by atoms with van der Waals surface area (Å²) in [5, 5.41) is 1.45. The van der Waals surface area contributed by atoms with E-state index in [1.54, 1.807) is 12.1 Å². The number of hydrogen-bond acceptors (Lipinski definition) is 1. The fourth-order valence-corrected chi connectivity index (χ4v) is 3.56. The molecule has 0 radical (unpaired) electrons. The fourth-order valence-electron chi connectivity index (χ4n) is 3.39. The number of nitrogens with zero attached hydrogens (tertiary/aromatic N) is 1. The quantitative estimate of drug-likeness (QED) is 0.455. The predicted molar refractivity (Wildman–Crippen MR) is 116 cm³/mol. The minimum absolute atomic E-state index is 0. The van der Waals surface area contributed by atoms with Gasteiger partial charge in [0.25, 0.3) is 0 Å². The molecule has 0 aliphatic rings. The molecule has 0 bridgehead atoms. The van der Waals surface area contributed by atoms with Crippen LogP contribution in [-0.4, -0.2) is 4.98 Å². The van der Waals surface area contributed by atoms with Crippen molar-refractivity contribution in [3.8, 4) is 22.4 Å². The van der Waals surface area contributed by atoms with Gasteiger partial charge in [-0.25, -0.2) is 9.37 Å². The first-order chi connectivity index (χ1) is 13.3. The number of halogens is 3. The minimum atomic E-state index is -0.260. The maximum atomic E-state index is 14.6. The molecule has 1 aromatic heterocycles. The standard InChI is InChI=1S/C25H21ClFN.ClH/c1-25(2,3)17-10-8-16(9-11-17)24-15-20(19-6-4-5-7-22(19)27)21-14-18(26)12-13-23(21)28-24;/h4-15H,1-3H3;1H/p-1. The number of hydrogen-bond donors (Lipinski definition) is 0. The van der Waals surface area contributed by atoms with Crippen molar-refractivity contribution < 1.29 is 16.8 Å². The van der Waals surface area contributed by atoms with Crippen molar-refractivity contribution in [2.45, 2.75) is 26.2 Å². The Bertz CT molecular complexity index is 1160. The van der Waals surface area contributed by atoms with E-state index in [9.17, 15) is 4.39 Å². The van der Waals surface area contributed by atoms with Crippen LogP contribution in [0.3, 0.4) is 0 Å². The first-order valence-corrected chi connectivity index (χ1v) is 9.67. The molecule has 0 aliphatic heterocycles. The van der Waals surface area contributed by atoms with Crippen LogP contribution in [0.15, 0.2) is 72.8 Å². The lowest BCUT2D eigenvalue weighted by Crippen LogP contribution is -3.00. The summed E-state index contributed by atoms with van der Waals surface area (Å²) < 4.78 is 14.6. The molecular weight excluding hydrogens is 404 g/mol. The van der Waals surface area contributed by atoms with E-state index in [1.807, 2.05) is 30.3 Å². The zero-order chi connectivity index (χ0) is 19.9. The summed E-state index contributed by atoms with van der Waals surface area (Å²) in [5.74, 6) is -0.260. The lowest BCUT2D eigenvalue weighted by atomic mass is 9.86. The van der Waals surface area contributed by atoms with E-state index in [-0.39, 0.29) is 23.6 Å². The SMILES string of the molecule is CC(C)(C)c1ccc(-c2cc(-c3ccccc3F)c3cc(Cl)ccc3n2)cc1.[Cl-]. The van der Waals surface area contributed by atoms with Gasteiger partial charge in [0.2, 0.25) is 0 Å². The van der Waals surface area contributed by atoms with Crippen molar-refractivity contribution in [2.75, 3.05) is 0 Å². The Morgan fingerprint density at radius 2 is 1.52 bits per heavy atom. The van der Waals surface area contributed by atoms with Crippen molar-refractivity contribution >= 4 is 22.5 Å². The smallest absolute Gasteiger partial charge is 0.131 e. The first kappa shape index (κ1) is 21.3. The molecular formula is C25H21Cl2FN-. The van der Waals surface area contributed by atoms with E-state index < -0.39 is 0 Å². The van der Waals surface area contributed by atoms with Crippen molar-refractivity contribution in [1.29, 1.82) is 0 Å². The average Bonchev–Trinajstić information content (AvgIpc) is 2.67. The zero-order valence-corrected chi connectivity index (χ0v) is 18.0. The molecule has 0 saturated carbocycles. The second-order valence-electron chi connectivity index (χ2n) is 8.02. The molecule has 0 aliphatic carbocycles. The second kappa shape index (κ2) is 8.14. The molecule has 0 fully saturated rings. The van der Waals surface area contributed by atoms with Gasteiger partial charge in [0.05, 0.1) is 11.2 Å². The highest BCUT2D eigenvalue weighted by molar-refractivity contribution is 6.31. The van der Waals surface area contributed by atoms with Crippen LogP contribution in [0.5, 0.6) is 0 Å². The normalized spacial score (nSPS) is 11.3. The number of aromatic nitrogens is 1. The van der Waals surface area contributed by atoms with Crippen LogP contribution in [-0.2, 0) is 5.41 Å². The van der Waals surface area contributed by atoms with Gasteiger partial charge in [0.1, 0.15) is 5.82 Å². The van der Waals surface area contributed by atoms with Crippen LogP contribution in [0.4, 0.5) is 4.39 Å². The fraction of sp³-hybridized carbons (Fsp3) is 0.160. The molecule has 0 unspecified atom stereocenters. The van der Waals surface area contributed by atoms with Gasteiger partial charge in [-0.2, -0.15) is 0 Å². The maximum absolute atomic E-state index is 14.6. The third kappa shape index (κ3) is 4.29. The highest BCUT2D eigenvalue weighted by Gasteiger charge is 2.15. The number of rotatable bonds is 2. The van der Waals surface area contributed by atoms with E-state index >= 15 is 0 Å². The van der Waals surface area contributed by atoms with Crippen LogP contribution >= 0.6 is 11.6 Å². The maximum Gasteiger partial charge on any atom is 0.131 e. The largest absolute Gasteiger partial charge is 1.00 e. The van der Waals surface area contributed by atoms with E-state index in [2.05, 4.69) is 45.0 Å². The minimum Gasteiger partial charge on any atom is -1.00 e. The Balaban J connectivity index is 0.00000240. The molecule has 0 amide bonds. The molecule has 0 atom stereocenters. The molecule has 148 valence electrons. The molecule has 1 heterocycles. The van der Waals surface area contributed by atoms with Crippen molar-refractivity contribution in [3.63, 3.8) is 0 Å². The Morgan fingerprint density at radius 1 is 0.828 bits per heavy atom. The molecule has 0 spiro atoms. The van der Waals surface area contributed by atoms with Gasteiger partial charge in [0, 0.05) is 21.5 Å². The van der Waals surface area contributed by atoms with Crippen molar-refractivity contribution in [3.05, 3.63) is 89.2 Å². The van der Waals surface area contributed by atoms with E-state index in [0.29, 0.717) is 10.6 Å². The molecule has 0 N–H and O–H groups in total. The third-order valence-electron chi connectivity index (χ3n) is 4.98. The summed E-state index contributed by atoms with van der Waals surface area (Å²) in [6.45, 7) is 6.57. The summed E-state index contributed by atoms with van der Waals surface area (Å²) in [6, 6.07) is 22.7. The first-order valence-electron chi connectivity index (χ1n) is 9.29. The molecule has 1 nitrogen and oxygen atoms in total. The van der Waals surface area contributed by atoms with Gasteiger partial charge >= 0.3 is 0 Å². The van der Waals surface area contributed by atoms with Gasteiger partial charge in [-0.15, -0.1) is 0 Å². The zero-order valence-electron chi connectivity index (χ0n) is 16.5. The Labute approximate surface area is 182 Å². The summed E-state index contributed by atoms with van der Waals surface area (Å²) in [4.78, 5) is 4.81. The van der Waals surface area contributed by atoms with Crippen LogP contribution in [0.1, 0.15) is 26.3 Å². The summed E-state index contributed by atoms with van der Waals surface area (Å²) in [7, 11) is 0. The topological polar surface area (TPSA) is 12.9 Å². The Kier molecular flexibility index (Phi) is 5.97. The molecule has 0 saturated heterocycles. The monoisotopic (exact) mass is 424 g/mol. The van der Waals surface area contributed by atoms with Crippen molar-refractivity contribution in [1.82, 2.24) is 4.98 Å². The lowest BCUT2D eigenvalue weighted by molar-refractivity contribution is -0.00000647. The summed E-state index contributed by atoms with van der Waals surface area (Å²) >= 11 is 6.21. The predicted octanol–water partition coefficient (Wildman–Crippen LogP) is 4.66. The Morgan fingerprint density at radius 3 is 2.17 bits per heavy atom. The molecule has 29 heavy (non-hydrogen) atoms. The van der Waals surface area contributed by atoms with E-state index in [1.165, 1.54) is 11.6 Å². The average molecular weight is 425 g/mol. The number of fused-ring (bicyclic) bond motifs is 1. The van der Waals surface area contributed by atoms with Crippen molar-refractivity contribution in [2.24, 2.45) is 0 Å². The van der Waals surface area contributed by atoms with Crippen LogP contribution in [0.25, 0.3) is 33.3 Å². The van der Waals surface area contributed by atoms with E-state index in [4.69, 9.17) is 16.6 Å². The molecule has 4 heteroatoms. The van der Waals surface area contributed by atoms with Gasteiger partial charge in [-0.1, -0.05) is 74.8 Å². The number of pyridine rings is 1. The molecule has 3 aromatic carbocycles. The molecule has 4 aromatic rings. The Hall–Kier alpha value is -2.42. The van der Waals surface area contributed by atoms with Gasteiger partial charge < -0.3 is 12.4 Å². The summed E-state index contributed by atoms with van der Waals surface area (Å²) in [5.41, 5.74) is 5.30. The van der Waals surface area contributed by atoms with Gasteiger partial charge in [0.15, 0.2) is 0 Å². The highest BCUT2D eigenvalue weighted by atomic mass is 35.5. The van der Waals surface area contributed by atoms with Crippen LogP contribution in [0.2, 0.25) is 5.02 Å². The van der Waals surface area contributed by atoms with Crippen LogP contribution in [0, 0.1) is 5.82 Å². The second-order valence-corrected chi connectivity index (χ2v) is 8.46. The summed E-state index contributed by atoms with van der Waals surface area (Å²) in [6.07, 6.45) is 0. The molecule has 4 rings (SSSR count). The van der Waals surface area contributed by atoms with Gasteiger partial charge in [-0.05, 0) is 46.9 Å². The van der Waals surface area contributed by atoms with Crippen LogP contribution < -0.4 is 12.4 Å². The van der Waals surface area contributed by atoms with Gasteiger partial charge in [-0.3, -0.25) is 0 Å².